The van der Waals surface area contributed by atoms with Crippen LogP contribution < -0.4 is 5.32 Å². The molecular weight excluding hydrogens is 228 g/mol. The Balaban J connectivity index is 1.80. The second kappa shape index (κ2) is 6.29. The van der Waals surface area contributed by atoms with Crippen molar-refractivity contribution in [2.45, 2.75) is 64.1 Å². The lowest BCUT2D eigenvalue weighted by molar-refractivity contribution is 0.0248. The molecule has 0 aliphatic heterocycles. The molecule has 1 aromatic rings. The van der Waals surface area contributed by atoms with Gasteiger partial charge < -0.3 is 10.4 Å². The van der Waals surface area contributed by atoms with Crippen LogP contribution in [-0.4, -0.2) is 32.0 Å². The molecule has 18 heavy (non-hydrogen) atoms. The summed E-state index contributed by atoms with van der Waals surface area (Å²) in [5, 5.41) is 18.0. The van der Waals surface area contributed by atoms with Gasteiger partial charge in [-0.1, -0.05) is 25.7 Å². The summed E-state index contributed by atoms with van der Waals surface area (Å²) in [7, 11) is 0. The summed E-state index contributed by atoms with van der Waals surface area (Å²) in [5.41, 5.74) is -0.520. The Morgan fingerprint density at radius 2 is 2.06 bits per heavy atom. The summed E-state index contributed by atoms with van der Waals surface area (Å²) in [4.78, 5) is 4.22. The second-order valence-electron chi connectivity index (χ2n) is 5.23. The predicted octanol–water partition coefficient (Wildman–Crippen LogP) is 1.47. The van der Waals surface area contributed by atoms with E-state index in [0.717, 1.165) is 38.1 Å². The Morgan fingerprint density at radius 1 is 1.33 bits per heavy atom. The number of rotatable bonds is 5. The van der Waals surface area contributed by atoms with Crippen LogP contribution in [-0.2, 0) is 13.1 Å². The molecule has 1 heterocycles. The van der Waals surface area contributed by atoms with E-state index in [1.807, 2.05) is 4.68 Å². The van der Waals surface area contributed by atoms with E-state index in [2.05, 4.69) is 22.3 Å². The maximum absolute atomic E-state index is 10.5. The lowest BCUT2D eigenvalue weighted by Gasteiger charge is -2.26. The molecule has 0 saturated heterocycles. The van der Waals surface area contributed by atoms with Gasteiger partial charge in [0.25, 0.3) is 0 Å². The van der Waals surface area contributed by atoms with Crippen LogP contribution in [0, 0.1) is 0 Å². The minimum atomic E-state index is -0.520. The average Bonchev–Trinajstić information content (AvgIpc) is 2.70. The summed E-state index contributed by atoms with van der Waals surface area (Å²) in [6.45, 7) is 4.22. The van der Waals surface area contributed by atoms with Crippen LogP contribution in [0.2, 0.25) is 0 Å². The quantitative estimate of drug-likeness (QED) is 0.779. The van der Waals surface area contributed by atoms with Crippen LogP contribution >= 0.6 is 0 Å². The highest BCUT2D eigenvalue weighted by Gasteiger charge is 2.27. The van der Waals surface area contributed by atoms with E-state index in [0.29, 0.717) is 13.1 Å². The highest BCUT2D eigenvalue weighted by Crippen LogP contribution is 2.26. The Bertz CT molecular complexity index is 356. The van der Waals surface area contributed by atoms with Gasteiger partial charge in [0.1, 0.15) is 12.2 Å². The van der Waals surface area contributed by atoms with Crippen molar-refractivity contribution in [3.63, 3.8) is 0 Å². The molecule has 2 N–H and O–H groups in total. The van der Waals surface area contributed by atoms with Crippen LogP contribution in [0.3, 0.4) is 0 Å². The lowest BCUT2D eigenvalue weighted by atomic mass is 9.94. The summed E-state index contributed by atoms with van der Waals surface area (Å²) in [5.74, 6) is 0.940. The van der Waals surface area contributed by atoms with E-state index < -0.39 is 5.60 Å². The minimum Gasteiger partial charge on any atom is -0.389 e. The van der Waals surface area contributed by atoms with Crippen LogP contribution in [0.1, 0.15) is 51.3 Å². The number of aromatic nitrogens is 3. The normalized spacial score (nSPS) is 19.7. The fourth-order valence-corrected chi connectivity index (χ4v) is 2.66. The molecule has 2 rings (SSSR count). The molecule has 0 spiro atoms. The van der Waals surface area contributed by atoms with Crippen molar-refractivity contribution in [3.8, 4) is 0 Å². The van der Waals surface area contributed by atoms with Crippen molar-refractivity contribution < 1.29 is 5.11 Å². The summed E-state index contributed by atoms with van der Waals surface area (Å²) in [6, 6.07) is 0. The Morgan fingerprint density at radius 3 is 2.72 bits per heavy atom. The molecule has 1 fully saturated rings. The van der Waals surface area contributed by atoms with E-state index in [1.54, 1.807) is 6.33 Å². The first kappa shape index (κ1) is 13.5. The minimum absolute atomic E-state index is 0.520. The highest BCUT2D eigenvalue weighted by molar-refractivity contribution is 4.87. The van der Waals surface area contributed by atoms with Gasteiger partial charge in [-0.15, -0.1) is 0 Å². The number of hydrogen-bond acceptors (Lipinski definition) is 4. The first-order valence-corrected chi connectivity index (χ1v) is 7.03. The first-order chi connectivity index (χ1) is 8.73. The molecule has 1 saturated carbocycles. The zero-order chi connectivity index (χ0) is 12.8. The molecule has 0 aromatic carbocycles. The highest BCUT2D eigenvalue weighted by atomic mass is 16.3. The first-order valence-electron chi connectivity index (χ1n) is 7.03. The van der Waals surface area contributed by atoms with Gasteiger partial charge in [0.2, 0.25) is 0 Å². The van der Waals surface area contributed by atoms with Gasteiger partial charge in [-0.05, 0) is 19.8 Å². The van der Waals surface area contributed by atoms with Gasteiger partial charge in [0, 0.05) is 13.1 Å². The zero-order valence-electron chi connectivity index (χ0n) is 11.2. The fourth-order valence-electron chi connectivity index (χ4n) is 2.66. The van der Waals surface area contributed by atoms with E-state index in [4.69, 9.17) is 0 Å². The number of nitrogens with one attached hydrogen (secondary N) is 1. The third-order valence-corrected chi connectivity index (χ3v) is 3.77. The molecule has 102 valence electrons. The number of aryl methyl sites for hydroxylation is 1. The maximum Gasteiger partial charge on any atom is 0.140 e. The standard InChI is InChI=1S/C13H24N4O/c1-2-17-12(15-11-16-17)9-14-10-13(18)7-5-3-4-6-8-13/h11,14,18H,2-10H2,1H3. The van der Waals surface area contributed by atoms with Crippen LogP contribution in [0.25, 0.3) is 0 Å². The zero-order valence-corrected chi connectivity index (χ0v) is 11.2. The van der Waals surface area contributed by atoms with Crippen molar-refractivity contribution >= 4 is 0 Å². The van der Waals surface area contributed by atoms with Gasteiger partial charge in [-0.25, -0.2) is 9.67 Å². The smallest absolute Gasteiger partial charge is 0.140 e. The predicted molar refractivity (Wildman–Crippen MR) is 70.1 cm³/mol. The van der Waals surface area contributed by atoms with Gasteiger partial charge in [0.05, 0.1) is 12.1 Å². The maximum atomic E-state index is 10.5. The summed E-state index contributed by atoms with van der Waals surface area (Å²) < 4.78 is 1.88. The molecule has 0 unspecified atom stereocenters. The van der Waals surface area contributed by atoms with E-state index in [9.17, 15) is 5.11 Å². The van der Waals surface area contributed by atoms with Crippen molar-refractivity contribution in [1.29, 1.82) is 0 Å². The SMILES string of the molecule is CCn1ncnc1CNCC1(O)CCCCCC1. The van der Waals surface area contributed by atoms with Gasteiger partial charge >= 0.3 is 0 Å². The molecule has 5 nitrogen and oxygen atoms in total. The Labute approximate surface area is 109 Å². The van der Waals surface area contributed by atoms with E-state index in [-0.39, 0.29) is 0 Å². The fraction of sp³-hybridized carbons (Fsp3) is 0.846. The van der Waals surface area contributed by atoms with Crippen LogP contribution in [0.5, 0.6) is 0 Å². The van der Waals surface area contributed by atoms with Gasteiger partial charge in [-0.3, -0.25) is 0 Å². The molecular formula is C13H24N4O. The molecule has 0 bridgehead atoms. The third kappa shape index (κ3) is 3.53. The molecule has 1 aromatic heterocycles. The third-order valence-electron chi connectivity index (χ3n) is 3.77. The van der Waals surface area contributed by atoms with Crippen LogP contribution in [0.15, 0.2) is 6.33 Å². The second-order valence-corrected chi connectivity index (χ2v) is 5.23. The van der Waals surface area contributed by atoms with Gasteiger partial charge in [0.15, 0.2) is 0 Å². The molecule has 0 amide bonds. The number of aliphatic hydroxyl groups is 1. The topological polar surface area (TPSA) is 63.0 Å². The summed E-state index contributed by atoms with van der Waals surface area (Å²) in [6.07, 6.45) is 8.22. The van der Waals surface area contributed by atoms with E-state index >= 15 is 0 Å². The lowest BCUT2D eigenvalue weighted by Crippen LogP contribution is -2.40. The number of nitrogens with zero attached hydrogens (tertiary/aromatic N) is 3. The molecule has 1 aliphatic rings. The summed E-state index contributed by atoms with van der Waals surface area (Å²) >= 11 is 0. The average molecular weight is 252 g/mol. The van der Waals surface area contributed by atoms with Crippen LogP contribution in [0.4, 0.5) is 0 Å². The Hall–Kier alpha value is -0.940. The largest absolute Gasteiger partial charge is 0.389 e. The Kier molecular flexibility index (Phi) is 4.72. The molecule has 5 heteroatoms. The monoisotopic (exact) mass is 252 g/mol. The van der Waals surface area contributed by atoms with Crippen molar-refractivity contribution in [3.05, 3.63) is 12.2 Å². The van der Waals surface area contributed by atoms with E-state index in [1.165, 1.54) is 12.8 Å². The van der Waals surface area contributed by atoms with Gasteiger partial charge in [-0.2, -0.15) is 5.10 Å². The van der Waals surface area contributed by atoms with Crippen molar-refractivity contribution in [2.75, 3.05) is 6.54 Å². The molecule has 0 radical (unpaired) electrons. The van der Waals surface area contributed by atoms with Crippen molar-refractivity contribution in [1.82, 2.24) is 20.1 Å². The van der Waals surface area contributed by atoms with Crippen molar-refractivity contribution in [2.24, 2.45) is 0 Å². The molecule has 0 atom stereocenters. The molecule has 1 aliphatic carbocycles. The number of hydrogen-bond donors (Lipinski definition) is 2.